The quantitative estimate of drug-likeness (QED) is 0.746. The zero-order chi connectivity index (χ0) is 15.5. The smallest absolute Gasteiger partial charge is 0.159 e. The molecule has 3 aromatic rings. The normalized spacial score (nSPS) is 10.4. The van der Waals surface area contributed by atoms with Gasteiger partial charge in [-0.2, -0.15) is 5.26 Å². The molecular formula is C16H10F2N4. The summed E-state index contributed by atoms with van der Waals surface area (Å²) in [5.41, 5.74) is 2.58. The van der Waals surface area contributed by atoms with E-state index in [9.17, 15) is 8.78 Å². The molecule has 108 valence electrons. The number of aromatic nitrogens is 3. The van der Waals surface area contributed by atoms with E-state index in [1.165, 1.54) is 12.3 Å². The van der Waals surface area contributed by atoms with Gasteiger partial charge in [-0.3, -0.25) is 0 Å². The first-order valence-electron chi connectivity index (χ1n) is 6.50. The minimum Gasteiger partial charge on any atom is -0.240 e. The average Bonchev–Trinajstić information content (AvgIpc) is 2.99. The molecule has 0 aliphatic carbocycles. The number of hydrogen-bond donors (Lipinski definition) is 0. The van der Waals surface area contributed by atoms with Crippen LogP contribution in [-0.4, -0.2) is 15.0 Å². The van der Waals surface area contributed by atoms with Crippen molar-refractivity contribution in [2.45, 2.75) is 6.54 Å². The molecule has 1 aromatic heterocycles. The zero-order valence-electron chi connectivity index (χ0n) is 11.4. The third-order valence-electron chi connectivity index (χ3n) is 3.25. The standard InChI is InChI=1S/C16H10F2N4/c17-14-6-5-13(7-15(14)18)16-9-20-21-22(16)10-12-3-1-11(8-19)2-4-12/h1-7,9H,10H2. The lowest BCUT2D eigenvalue weighted by atomic mass is 10.1. The van der Waals surface area contributed by atoms with E-state index in [0.717, 1.165) is 17.7 Å². The first-order valence-corrected chi connectivity index (χ1v) is 6.50. The van der Waals surface area contributed by atoms with Gasteiger partial charge < -0.3 is 0 Å². The van der Waals surface area contributed by atoms with Crippen molar-refractivity contribution in [2.24, 2.45) is 0 Å². The highest BCUT2D eigenvalue weighted by Crippen LogP contribution is 2.21. The fraction of sp³-hybridized carbons (Fsp3) is 0.0625. The molecule has 3 rings (SSSR count). The Bertz CT molecular complexity index is 847. The van der Waals surface area contributed by atoms with E-state index in [2.05, 4.69) is 10.3 Å². The van der Waals surface area contributed by atoms with Gasteiger partial charge in [0.05, 0.1) is 30.1 Å². The van der Waals surface area contributed by atoms with Gasteiger partial charge in [-0.05, 0) is 35.9 Å². The molecule has 6 heteroatoms. The molecule has 0 unspecified atom stereocenters. The Morgan fingerprint density at radius 1 is 1.05 bits per heavy atom. The van der Waals surface area contributed by atoms with Crippen LogP contribution in [0.1, 0.15) is 11.1 Å². The summed E-state index contributed by atoms with van der Waals surface area (Å²) in [6.45, 7) is 0.417. The molecule has 0 spiro atoms. The Balaban J connectivity index is 1.91. The summed E-state index contributed by atoms with van der Waals surface area (Å²) in [6, 6.07) is 12.8. The fourth-order valence-electron chi connectivity index (χ4n) is 2.11. The lowest BCUT2D eigenvalue weighted by Crippen LogP contribution is -2.04. The first-order chi connectivity index (χ1) is 10.7. The van der Waals surface area contributed by atoms with Crippen molar-refractivity contribution in [3.05, 3.63) is 71.4 Å². The van der Waals surface area contributed by atoms with E-state index in [-0.39, 0.29) is 0 Å². The maximum absolute atomic E-state index is 13.4. The van der Waals surface area contributed by atoms with Gasteiger partial charge in [-0.1, -0.05) is 17.3 Å². The Morgan fingerprint density at radius 2 is 1.82 bits per heavy atom. The van der Waals surface area contributed by atoms with Gasteiger partial charge in [-0.25, -0.2) is 13.5 Å². The second-order valence-corrected chi connectivity index (χ2v) is 4.71. The molecule has 1 heterocycles. The predicted molar refractivity (Wildman–Crippen MR) is 75.6 cm³/mol. The van der Waals surface area contributed by atoms with Gasteiger partial charge in [0.25, 0.3) is 0 Å². The van der Waals surface area contributed by atoms with E-state index < -0.39 is 11.6 Å². The minimum absolute atomic E-state index is 0.417. The molecule has 0 bridgehead atoms. The van der Waals surface area contributed by atoms with E-state index in [1.807, 2.05) is 18.2 Å². The SMILES string of the molecule is N#Cc1ccc(Cn2nncc2-c2ccc(F)c(F)c2)cc1. The monoisotopic (exact) mass is 296 g/mol. The van der Waals surface area contributed by atoms with E-state index >= 15 is 0 Å². The van der Waals surface area contributed by atoms with Crippen LogP contribution >= 0.6 is 0 Å². The van der Waals surface area contributed by atoms with Crippen LogP contribution in [0.5, 0.6) is 0 Å². The van der Waals surface area contributed by atoms with Crippen LogP contribution < -0.4 is 0 Å². The van der Waals surface area contributed by atoms with Crippen molar-refractivity contribution in [3.63, 3.8) is 0 Å². The topological polar surface area (TPSA) is 54.5 Å². The third kappa shape index (κ3) is 2.69. The highest BCUT2D eigenvalue weighted by molar-refractivity contribution is 5.58. The van der Waals surface area contributed by atoms with Crippen LogP contribution in [0.2, 0.25) is 0 Å². The Kier molecular flexibility index (Phi) is 3.62. The van der Waals surface area contributed by atoms with Crippen molar-refractivity contribution in [1.82, 2.24) is 15.0 Å². The minimum atomic E-state index is -0.913. The second-order valence-electron chi connectivity index (χ2n) is 4.71. The Hall–Kier alpha value is -3.07. The molecule has 0 radical (unpaired) electrons. The highest BCUT2D eigenvalue weighted by Gasteiger charge is 2.10. The number of nitrogens with zero attached hydrogens (tertiary/aromatic N) is 4. The third-order valence-corrected chi connectivity index (χ3v) is 3.25. The van der Waals surface area contributed by atoms with Crippen molar-refractivity contribution in [3.8, 4) is 17.3 Å². The summed E-state index contributed by atoms with van der Waals surface area (Å²) >= 11 is 0. The lowest BCUT2D eigenvalue weighted by molar-refractivity contribution is 0.509. The van der Waals surface area contributed by atoms with Gasteiger partial charge in [0.15, 0.2) is 11.6 Å². The molecule has 0 aliphatic heterocycles. The summed E-state index contributed by atoms with van der Waals surface area (Å²) in [5, 5.41) is 16.6. The largest absolute Gasteiger partial charge is 0.240 e. The molecule has 0 saturated heterocycles. The van der Waals surface area contributed by atoms with E-state index in [1.54, 1.807) is 16.8 Å². The molecule has 22 heavy (non-hydrogen) atoms. The lowest BCUT2D eigenvalue weighted by Gasteiger charge is -2.07. The highest BCUT2D eigenvalue weighted by atomic mass is 19.2. The number of halogens is 2. The fourth-order valence-corrected chi connectivity index (χ4v) is 2.11. The van der Waals surface area contributed by atoms with Gasteiger partial charge in [0.2, 0.25) is 0 Å². The van der Waals surface area contributed by atoms with Crippen LogP contribution in [0.15, 0.2) is 48.7 Å². The zero-order valence-corrected chi connectivity index (χ0v) is 11.4. The van der Waals surface area contributed by atoms with Crippen LogP contribution in [0.3, 0.4) is 0 Å². The van der Waals surface area contributed by atoms with Crippen molar-refractivity contribution < 1.29 is 8.78 Å². The van der Waals surface area contributed by atoms with Crippen molar-refractivity contribution in [1.29, 1.82) is 5.26 Å². The van der Waals surface area contributed by atoms with Gasteiger partial charge in [0, 0.05) is 5.56 Å². The first kappa shape index (κ1) is 13.9. The Morgan fingerprint density at radius 3 is 2.50 bits per heavy atom. The summed E-state index contributed by atoms with van der Waals surface area (Å²) in [7, 11) is 0. The van der Waals surface area contributed by atoms with Crippen molar-refractivity contribution >= 4 is 0 Å². The molecule has 2 aromatic carbocycles. The number of nitriles is 1. The van der Waals surface area contributed by atoms with E-state index in [4.69, 9.17) is 5.26 Å². The van der Waals surface area contributed by atoms with Crippen molar-refractivity contribution in [2.75, 3.05) is 0 Å². The molecule has 0 fully saturated rings. The van der Waals surface area contributed by atoms with Crippen LogP contribution in [-0.2, 0) is 6.54 Å². The molecule has 0 saturated carbocycles. The van der Waals surface area contributed by atoms with Gasteiger partial charge in [0.1, 0.15) is 0 Å². The van der Waals surface area contributed by atoms with Crippen LogP contribution in [0, 0.1) is 23.0 Å². The van der Waals surface area contributed by atoms with Crippen LogP contribution in [0.25, 0.3) is 11.3 Å². The summed E-state index contributed by atoms with van der Waals surface area (Å²) in [4.78, 5) is 0. The maximum Gasteiger partial charge on any atom is 0.159 e. The molecular weight excluding hydrogens is 286 g/mol. The molecule has 4 nitrogen and oxygen atoms in total. The number of hydrogen-bond acceptors (Lipinski definition) is 3. The maximum atomic E-state index is 13.4. The van der Waals surface area contributed by atoms with Gasteiger partial charge >= 0.3 is 0 Å². The molecule has 0 atom stereocenters. The summed E-state index contributed by atoms with van der Waals surface area (Å²) in [5.74, 6) is -1.81. The summed E-state index contributed by atoms with van der Waals surface area (Å²) in [6.07, 6.45) is 1.50. The predicted octanol–water partition coefficient (Wildman–Crippen LogP) is 3.14. The molecule has 0 amide bonds. The Labute approximate surface area is 125 Å². The van der Waals surface area contributed by atoms with Gasteiger partial charge in [-0.15, -0.1) is 5.10 Å². The van der Waals surface area contributed by atoms with E-state index in [0.29, 0.717) is 23.4 Å². The molecule has 0 N–H and O–H groups in total. The number of rotatable bonds is 3. The summed E-state index contributed by atoms with van der Waals surface area (Å²) < 4.78 is 28.0. The van der Waals surface area contributed by atoms with Crippen LogP contribution in [0.4, 0.5) is 8.78 Å². The average molecular weight is 296 g/mol. The molecule has 0 aliphatic rings. The number of benzene rings is 2. The second kappa shape index (κ2) is 5.74.